The molecule has 7 nitrogen and oxygen atoms in total. The minimum atomic E-state index is -0.762. The van der Waals surface area contributed by atoms with Crippen LogP contribution in [0.4, 0.5) is 16.2 Å². The van der Waals surface area contributed by atoms with Gasteiger partial charge >= 0.3 is 12.0 Å². The van der Waals surface area contributed by atoms with Crippen LogP contribution in [0.1, 0.15) is 25.0 Å². The van der Waals surface area contributed by atoms with E-state index in [1.807, 2.05) is 56.3 Å². The van der Waals surface area contributed by atoms with E-state index in [-0.39, 0.29) is 18.6 Å². The number of nitrogens with zero attached hydrogens (tertiary/aromatic N) is 1. The van der Waals surface area contributed by atoms with Crippen LogP contribution in [0.2, 0.25) is 0 Å². The van der Waals surface area contributed by atoms with Gasteiger partial charge in [0.15, 0.2) is 0 Å². The number of ether oxygens (including phenoxy) is 2. The van der Waals surface area contributed by atoms with Gasteiger partial charge in [0.1, 0.15) is 6.61 Å². The molecule has 0 spiro atoms. The summed E-state index contributed by atoms with van der Waals surface area (Å²) in [6.45, 7) is 7.66. The number of carbonyl (C=O) groups excluding carboxylic acids is 2. The molecule has 2 amide bonds. The van der Waals surface area contributed by atoms with Crippen LogP contribution in [-0.2, 0) is 9.53 Å². The average molecular weight is 448 g/mol. The lowest BCUT2D eigenvalue weighted by Crippen LogP contribution is -2.32. The van der Waals surface area contributed by atoms with Gasteiger partial charge in [0, 0.05) is 29.2 Å². The third-order valence-electron chi connectivity index (χ3n) is 5.01. The van der Waals surface area contributed by atoms with Gasteiger partial charge in [-0.05, 0) is 74.7 Å². The Kier molecular flexibility index (Phi) is 7.33. The van der Waals surface area contributed by atoms with Crippen LogP contribution in [0.25, 0.3) is 11.1 Å². The van der Waals surface area contributed by atoms with Crippen LogP contribution in [0.5, 0.6) is 5.88 Å². The molecule has 0 saturated carbocycles. The van der Waals surface area contributed by atoms with Gasteiger partial charge in [-0.3, -0.25) is 4.79 Å². The quantitative estimate of drug-likeness (QED) is 0.461. The van der Waals surface area contributed by atoms with Crippen molar-refractivity contribution in [3.8, 4) is 17.0 Å². The van der Waals surface area contributed by atoms with Crippen LogP contribution >= 0.6 is 0 Å². The van der Waals surface area contributed by atoms with Crippen molar-refractivity contribution in [3.05, 3.63) is 71.9 Å². The molecule has 0 bridgehead atoms. The second-order valence-electron chi connectivity index (χ2n) is 8.58. The lowest BCUT2D eigenvalue weighted by Gasteiger charge is -2.21. The number of anilines is 2. The van der Waals surface area contributed by atoms with Crippen LogP contribution in [0.15, 0.2) is 60.8 Å². The molecule has 2 aromatic carbocycles. The summed E-state index contributed by atoms with van der Waals surface area (Å²) < 4.78 is 10.4. The van der Waals surface area contributed by atoms with Crippen LogP contribution in [0.3, 0.4) is 0 Å². The maximum Gasteiger partial charge on any atom is 0.323 e. The van der Waals surface area contributed by atoms with Crippen molar-refractivity contribution >= 4 is 23.4 Å². The molecule has 33 heavy (non-hydrogen) atoms. The molecule has 1 heterocycles. The molecule has 0 aliphatic carbocycles. The third kappa shape index (κ3) is 6.55. The van der Waals surface area contributed by atoms with E-state index in [9.17, 15) is 9.59 Å². The lowest BCUT2D eigenvalue weighted by molar-refractivity contribution is -0.152. The Morgan fingerprint density at radius 1 is 0.879 bits per heavy atom. The number of pyridine rings is 1. The number of rotatable bonds is 7. The molecule has 3 aromatic rings. The van der Waals surface area contributed by atoms with Gasteiger partial charge in [0.2, 0.25) is 5.88 Å². The van der Waals surface area contributed by atoms with E-state index in [0.717, 1.165) is 27.9 Å². The summed E-state index contributed by atoms with van der Waals surface area (Å²) in [5.41, 5.74) is 4.70. The van der Waals surface area contributed by atoms with Crippen molar-refractivity contribution in [2.75, 3.05) is 24.4 Å². The number of hydrogen-bond donors (Lipinski definition) is 2. The van der Waals surface area contributed by atoms with Gasteiger partial charge in [-0.2, -0.15) is 0 Å². The number of carbonyl (C=O) groups is 2. The fraction of sp³-hybridized carbons (Fsp3) is 0.269. The Morgan fingerprint density at radius 3 is 2.06 bits per heavy atom. The maximum absolute atomic E-state index is 12.3. The highest BCUT2D eigenvalue weighted by molar-refractivity contribution is 6.00. The predicted octanol–water partition coefficient (Wildman–Crippen LogP) is 5.59. The van der Waals surface area contributed by atoms with Gasteiger partial charge in [0.05, 0.1) is 12.5 Å². The number of urea groups is 1. The second-order valence-corrected chi connectivity index (χ2v) is 8.58. The highest BCUT2D eigenvalue weighted by atomic mass is 16.5. The summed E-state index contributed by atoms with van der Waals surface area (Å²) in [6, 6.07) is 16.7. The van der Waals surface area contributed by atoms with Gasteiger partial charge < -0.3 is 20.1 Å². The first-order chi connectivity index (χ1) is 15.7. The number of hydrogen-bond acceptors (Lipinski definition) is 5. The van der Waals surface area contributed by atoms with Gasteiger partial charge in [0.25, 0.3) is 0 Å². The van der Waals surface area contributed by atoms with Crippen molar-refractivity contribution < 1.29 is 19.1 Å². The van der Waals surface area contributed by atoms with E-state index in [1.165, 1.54) is 7.11 Å². The van der Waals surface area contributed by atoms with Crippen molar-refractivity contribution in [2.24, 2.45) is 5.41 Å². The first-order valence-corrected chi connectivity index (χ1v) is 10.6. The first kappa shape index (κ1) is 23.8. The summed E-state index contributed by atoms with van der Waals surface area (Å²) in [5.74, 6) is 0.0903. The number of benzene rings is 2. The van der Waals surface area contributed by atoms with Crippen molar-refractivity contribution in [1.82, 2.24) is 4.98 Å². The standard InChI is InChI=1S/C26H29N3O4/c1-17-12-18(2)14-22(13-17)29-25(31)28-21-9-6-19(7-10-21)20-8-11-23(27-15-20)33-16-26(3,4)24(30)32-5/h6-15H,16H2,1-5H3,(H2,28,29,31). The third-order valence-corrected chi connectivity index (χ3v) is 5.01. The molecular weight excluding hydrogens is 418 g/mol. The SMILES string of the molecule is COC(=O)C(C)(C)COc1ccc(-c2ccc(NC(=O)Nc3cc(C)cc(C)c3)cc2)cn1. The van der Waals surface area contributed by atoms with E-state index >= 15 is 0 Å². The molecule has 2 N–H and O–H groups in total. The molecule has 0 unspecified atom stereocenters. The molecule has 7 heteroatoms. The Hall–Kier alpha value is -3.87. The molecule has 0 atom stereocenters. The molecule has 0 aliphatic rings. The fourth-order valence-corrected chi connectivity index (χ4v) is 3.31. The van der Waals surface area contributed by atoms with E-state index in [2.05, 4.69) is 21.7 Å². The summed E-state index contributed by atoms with van der Waals surface area (Å²) in [6.07, 6.45) is 1.70. The molecule has 0 fully saturated rings. The normalized spacial score (nSPS) is 10.9. The molecule has 3 rings (SSSR count). The summed E-state index contributed by atoms with van der Waals surface area (Å²) in [4.78, 5) is 28.4. The highest BCUT2D eigenvalue weighted by Crippen LogP contribution is 2.24. The summed E-state index contributed by atoms with van der Waals surface area (Å²) in [5, 5.41) is 5.69. The van der Waals surface area contributed by atoms with Crippen LogP contribution in [-0.4, -0.2) is 30.7 Å². The summed E-state index contributed by atoms with van der Waals surface area (Å²) in [7, 11) is 1.36. The first-order valence-electron chi connectivity index (χ1n) is 10.6. The molecular formula is C26H29N3O4. The smallest absolute Gasteiger partial charge is 0.323 e. The maximum atomic E-state index is 12.3. The minimum absolute atomic E-state index is 0.163. The number of esters is 1. The topological polar surface area (TPSA) is 89.5 Å². The highest BCUT2D eigenvalue weighted by Gasteiger charge is 2.29. The van der Waals surface area contributed by atoms with E-state index in [1.54, 1.807) is 26.1 Å². The molecule has 0 saturated heterocycles. The number of aryl methyl sites for hydroxylation is 2. The van der Waals surface area contributed by atoms with E-state index in [4.69, 9.17) is 9.47 Å². The van der Waals surface area contributed by atoms with Crippen molar-refractivity contribution in [3.63, 3.8) is 0 Å². The average Bonchev–Trinajstić information content (AvgIpc) is 2.77. The van der Waals surface area contributed by atoms with Crippen LogP contribution in [0, 0.1) is 19.3 Å². The number of amides is 2. The van der Waals surface area contributed by atoms with Gasteiger partial charge in [-0.1, -0.05) is 18.2 Å². The molecule has 0 aliphatic heterocycles. The molecule has 0 radical (unpaired) electrons. The van der Waals surface area contributed by atoms with Crippen molar-refractivity contribution in [2.45, 2.75) is 27.7 Å². The fourth-order valence-electron chi connectivity index (χ4n) is 3.31. The van der Waals surface area contributed by atoms with Crippen LogP contribution < -0.4 is 15.4 Å². The van der Waals surface area contributed by atoms with Gasteiger partial charge in [-0.25, -0.2) is 9.78 Å². The number of methoxy groups -OCH3 is 1. The molecule has 1 aromatic heterocycles. The zero-order valence-electron chi connectivity index (χ0n) is 19.6. The minimum Gasteiger partial charge on any atom is -0.476 e. The number of aromatic nitrogens is 1. The Morgan fingerprint density at radius 2 is 1.48 bits per heavy atom. The Bertz CT molecular complexity index is 1100. The van der Waals surface area contributed by atoms with Gasteiger partial charge in [-0.15, -0.1) is 0 Å². The monoisotopic (exact) mass is 447 g/mol. The summed E-state index contributed by atoms with van der Waals surface area (Å²) >= 11 is 0. The predicted molar refractivity (Wildman–Crippen MR) is 130 cm³/mol. The zero-order valence-corrected chi connectivity index (χ0v) is 19.6. The lowest BCUT2D eigenvalue weighted by atomic mass is 9.95. The van der Waals surface area contributed by atoms with E-state index < -0.39 is 5.41 Å². The number of nitrogens with one attached hydrogen (secondary N) is 2. The zero-order chi connectivity index (χ0) is 24.0. The Balaban J connectivity index is 1.58. The van der Waals surface area contributed by atoms with Crippen molar-refractivity contribution in [1.29, 1.82) is 0 Å². The Labute approximate surface area is 194 Å². The van der Waals surface area contributed by atoms with E-state index in [0.29, 0.717) is 11.6 Å². The largest absolute Gasteiger partial charge is 0.476 e. The second kappa shape index (κ2) is 10.2. The molecule has 172 valence electrons.